The topological polar surface area (TPSA) is 66.0 Å². The fraction of sp³-hybridized carbons (Fsp3) is 0.462. The van der Waals surface area contributed by atoms with Crippen molar-refractivity contribution in [3.63, 3.8) is 0 Å². The van der Waals surface area contributed by atoms with E-state index in [2.05, 4.69) is 40.7 Å². The number of ether oxygens (including phenoxy) is 1. The molecule has 0 aromatic heterocycles. The Morgan fingerprint density at radius 2 is 1.70 bits per heavy atom. The van der Waals surface area contributed by atoms with Gasteiger partial charge in [-0.05, 0) is 69.4 Å². The normalized spacial score (nSPS) is 14.0. The number of nitrogens with zero attached hydrogens (tertiary/aromatic N) is 2. The number of carbonyl (C=O) groups excluding carboxylic acids is 1. The SMILES string of the molecule is CN=C(NCc1ccc(C(=O)N2CCCCC2)cc1)NCc1ccc(C)cc1OC(C)C.I. The van der Waals surface area contributed by atoms with E-state index >= 15 is 0 Å². The predicted octanol–water partition coefficient (Wildman–Crippen LogP) is 4.89. The van der Waals surface area contributed by atoms with Gasteiger partial charge in [0.15, 0.2) is 5.96 Å². The van der Waals surface area contributed by atoms with Crippen molar-refractivity contribution in [2.24, 2.45) is 4.99 Å². The Balaban J connectivity index is 0.00000385. The Bertz CT molecular complexity index is 922. The molecular formula is C26H37IN4O2. The number of benzene rings is 2. The van der Waals surface area contributed by atoms with Crippen LogP contribution in [-0.2, 0) is 13.1 Å². The molecular weight excluding hydrogens is 527 g/mol. The van der Waals surface area contributed by atoms with Gasteiger partial charge in [-0.1, -0.05) is 24.3 Å². The number of aliphatic imine (C=N–C) groups is 1. The standard InChI is InChI=1S/C26H36N4O2.HI/c1-19(2)32-24-16-20(3)8-11-23(24)18-29-26(27-4)28-17-21-9-12-22(13-10-21)25(31)30-14-6-5-7-15-30;/h8-13,16,19H,5-7,14-15,17-18H2,1-4H3,(H2,27,28,29);1H. The highest BCUT2D eigenvalue weighted by Crippen LogP contribution is 2.21. The third-order valence-electron chi connectivity index (χ3n) is 5.56. The fourth-order valence-electron chi connectivity index (χ4n) is 3.80. The molecule has 0 spiro atoms. The quantitative estimate of drug-likeness (QED) is 0.286. The highest BCUT2D eigenvalue weighted by atomic mass is 127. The van der Waals surface area contributed by atoms with Crippen molar-refractivity contribution in [1.29, 1.82) is 0 Å². The lowest BCUT2D eigenvalue weighted by Gasteiger charge is -2.26. The van der Waals surface area contributed by atoms with E-state index in [-0.39, 0.29) is 36.0 Å². The summed E-state index contributed by atoms with van der Waals surface area (Å²) in [5.41, 5.74) is 4.12. The van der Waals surface area contributed by atoms with Gasteiger partial charge in [0, 0.05) is 44.4 Å². The Morgan fingerprint density at radius 1 is 1.03 bits per heavy atom. The molecule has 1 fully saturated rings. The molecule has 1 saturated heterocycles. The highest BCUT2D eigenvalue weighted by molar-refractivity contribution is 14.0. The first kappa shape index (κ1) is 27.0. The van der Waals surface area contributed by atoms with Gasteiger partial charge in [0.05, 0.1) is 6.10 Å². The summed E-state index contributed by atoms with van der Waals surface area (Å²) in [6, 6.07) is 14.1. The Hall–Kier alpha value is -2.29. The maximum absolute atomic E-state index is 12.6. The van der Waals surface area contributed by atoms with Crippen molar-refractivity contribution >= 4 is 35.8 Å². The molecule has 2 N–H and O–H groups in total. The van der Waals surface area contributed by atoms with Gasteiger partial charge in [0.2, 0.25) is 0 Å². The summed E-state index contributed by atoms with van der Waals surface area (Å²) in [4.78, 5) is 18.9. The molecule has 0 aliphatic carbocycles. The first-order valence-corrected chi connectivity index (χ1v) is 11.5. The van der Waals surface area contributed by atoms with Crippen LogP contribution in [0.1, 0.15) is 60.2 Å². The molecule has 0 saturated carbocycles. The van der Waals surface area contributed by atoms with E-state index in [0.29, 0.717) is 13.1 Å². The van der Waals surface area contributed by atoms with E-state index in [1.165, 1.54) is 12.0 Å². The predicted molar refractivity (Wildman–Crippen MR) is 146 cm³/mol. The van der Waals surface area contributed by atoms with Gasteiger partial charge in [-0.2, -0.15) is 0 Å². The van der Waals surface area contributed by atoms with Gasteiger partial charge in [-0.3, -0.25) is 9.79 Å². The zero-order chi connectivity index (χ0) is 22.9. The lowest BCUT2D eigenvalue weighted by molar-refractivity contribution is 0.0724. The zero-order valence-corrected chi connectivity index (χ0v) is 22.5. The monoisotopic (exact) mass is 564 g/mol. The molecule has 1 amide bonds. The van der Waals surface area contributed by atoms with E-state index < -0.39 is 0 Å². The van der Waals surface area contributed by atoms with Gasteiger partial charge in [0.25, 0.3) is 5.91 Å². The minimum Gasteiger partial charge on any atom is -0.491 e. The molecule has 33 heavy (non-hydrogen) atoms. The van der Waals surface area contributed by atoms with Crippen LogP contribution in [0.3, 0.4) is 0 Å². The van der Waals surface area contributed by atoms with Crippen LogP contribution in [0, 0.1) is 6.92 Å². The van der Waals surface area contributed by atoms with Crippen LogP contribution >= 0.6 is 24.0 Å². The molecule has 2 aromatic carbocycles. The Morgan fingerprint density at radius 3 is 2.33 bits per heavy atom. The molecule has 0 atom stereocenters. The second-order valence-electron chi connectivity index (χ2n) is 8.61. The second-order valence-corrected chi connectivity index (χ2v) is 8.61. The van der Waals surface area contributed by atoms with Gasteiger partial charge in [0.1, 0.15) is 5.75 Å². The molecule has 3 rings (SSSR count). The molecule has 0 unspecified atom stereocenters. The summed E-state index contributed by atoms with van der Waals surface area (Å²) < 4.78 is 5.96. The van der Waals surface area contributed by atoms with Gasteiger partial charge in [-0.15, -0.1) is 24.0 Å². The second kappa shape index (κ2) is 13.4. The van der Waals surface area contributed by atoms with Crippen LogP contribution in [0.25, 0.3) is 0 Å². The van der Waals surface area contributed by atoms with Crippen molar-refractivity contribution in [3.8, 4) is 5.75 Å². The lowest BCUT2D eigenvalue weighted by Crippen LogP contribution is -2.36. The molecule has 0 bridgehead atoms. The number of aryl methyl sites for hydroxylation is 1. The van der Waals surface area contributed by atoms with E-state index in [1.54, 1.807) is 7.05 Å². The smallest absolute Gasteiger partial charge is 0.253 e. The van der Waals surface area contributed by atoms with E-state index in [0.717, 1.165) is 54.3 Å². The molecule has 180 valence electrons. The lowest BCUT2D eigenvalue weighted by atomic mass is 10.1. The average molecular weight is 565 g/mol. The molecule has 2 aromatic rings. The largest absolute Gasteiger partial charge is 0.491 e. The van der Waals surface area contributed by atoms with Crippen molar-refractivity contribution < 1.29 is 9.53 Å². The molecule has 1 aliphatic heterocycles. The maximum atomic E-state index is 12.6. The van der Waals surface area contributed by atoms with Gasteiger partial charge >= 0.3 is 0 Å². The average Bonchev–Trinajstić information content (AvgIpc) is 2.80. The maximum Gasteiger partial charge on any atom is 0.253 e. The van der Waals surface area contributed by atoms with Gasteiger partial charge < -0.3 is 20.3 Å². The molecule has 0 radical (unpaired) electrons. The van der Waals surface area contributed by atoms with Crippen LogP contribution in [0.2, 0.25) is 0 Å². The molecule has 6 nitrogen and oxygen atoms in total. The van der Waals surface area contributed by atoms with Crippen molar-refractivity contribution in [2.45, 2.75) is 59.2 Å². The van der Waals surface area contributed by atoms with Crippen LogP contribution in [0.15, 0.2) is 47.5 Å². The number of amides is 1. The summed E-state index contributed by atoms with van der Waals surface area (Å²) in [7, 11) is 1.76. The summed E-state index contributed by atoms with van der Waals surface area (Å²) in [6.07, 6.45) is 3.55. The van der Waals surface area contributed by atoms with Crippen molar-refractivity contribution in [1.82, 2.24) is 15.5 Å². The third kappa shape index (κ3) is 8.21. The number of piperidine rings is 1. The van der Waals surface area contributed by atoms with Crippen LogP contribution in [0.5, 0.6) is 5.75 Å². The van der Waals surface area contributed by atoms with Crippen molar-refractivity contribution in [3.05, 3.63) is 64.7 Å². The first-order valence-electron chi connectivity index (χ1n) is 11.5. The van der Waals surface area contributed by atoms with Gasteiger partial charge in [-0.25, -0.2) is 0 Å². The number of nitrogens with one attached hydrogen (secondary N) is 2. The van der Waals surface area contributed by atoms with Crippen LogP contribution < -0.4 is 15.4 Å². The summed E-state index contributed by atoms with van der Waals surface area (Å²) in [6.45, 7) is 9.11. The van der Waals surface area contributed by atoms with E-state index in [1.807, 2.05) is 43.0 Å². The van der Waals surface area contributed by atoms with E-state index in [9.17, 15) is 4.79 Å². The highest BCUT2D eigenvalue weighted by Gasteiger charge is 2.17. The minimum absolute atomic E-state index is 0. The summed E-state index contributed by atoms with van der Waals surface area (Å²) in [5, 5.41) is 6.70. The number of guanidine groups is 1. The number of halogens is 1. The summed E-state index contributed by atoms with van der Waals surface area (Å²) >= 11 is 0. The Kier molecular flexibility index (Phi) is 11.0. The minimum atomic E-state index is 0. The van der Waals surface area contributed by atoms with Crippen molar-refractivity contribution in [2.75, 3.05) is 20.1 Å². The number of hydrogen-bond acceptors (Lipinski definition) is 3. The molecule has 1 heterocycles. The number of carbonyl (C=O) groups is 1. The zero-order valence-electron chi connectivity index (χ0n) is 20.2. The van der Waals surface area contributed by atoms with Crippen LogP contribution in [-0.4, -0.2) is 43.0 Å². The number of rotatable bonds is 7. The Labute approximate surface area is 215 Å². The number of hydrogen-bond donors (Lipinski definition) is 2. The first-order chi connectivity index (χ1) is 15.5. The van der Waals surface area contributed by atoms with Crippen LogP contribution in [0.4, 0.5) is 0 Å². The molecule has 1 aliphatic rings. The fourth-order valence-corrected chi connectivity index (χ4v) is 3.80. The molecule has 7 heteroatoms. The van der Waals surface area contributed by atoms with E-state index in [4.69, 9.17) is 4.74 Å². The number of likely N-dealkylation sites (tertiary alicyclic amines) is 1. The third-order valence-corrected chi connectivity index (χ3v) is 5.56. The summed E-state index contributed by atoms with van der Waals surface area (Å²) in [5.74, 6) is 1.76.